The lowest BCUT2D eigenvalue weighted by Crippen LogP contribution is -2.44. The summed E-state index contributed by atoms with van der Waals surface area (Å²) in [6.07, 6.45) is -0.917. The fraction of sp³-hybridized carbons (Fsp3) is 0.250. The van der Waals surface area contributed by atoms with Gasteiger partial charge >= 0.3 is 12.1 Å². The maximum absolute atomic E-state index is 12.9. The predicted octanol–water partition coefficient (Wildman–Crippen LogP) is 5.12. The Hall–Kier alpha value is -4.40. The van der Waals surface area contributed by atoms with Crippen LogP contribution in [0, 0.1) is 0 Å². The second kappa shape index (κ2) is 15.4. The van der Waals surface area contributed by atoms with Gasteiger partial charge in [0.1, 0.15) is 5.69 Å². The van der Waals surface area contributed by atoms with Gasteiger partial charge < -0.3 is 21.1 Å². The number of nitrogens with zero attached hydrogens (tertiary/aromatic N) is 2. The van der Waals surface area contributed by atoms with Gasteiger partial charge in [-0.05, 0) is 48.7 Å². The van der Waals surface area contributed by atoms with E-state index in [-0.39, 0.29) is 44.8 Å². The van der Waals surface area contributed by atoms with Gasteiger partial charge in [0, 0.05) is 31.4 Å². The van der Waals surface area contributed by atoms with E-state index >= 15 is 0 Å². The standard InChI is InChI=1S/C26H26Cl2N6O3.C2HF3O2/c1-2-22(35)30-17-8-6-16(7-9-17)15-34-12-10-18(11-13-34)31-26(37)24-21(14-29-33-24)32-25(36)23-19(27)4-3-5-20(23)28;3-2(4,5)1(6)7/h2-9,14,18H,1,10-13,15H2,(H,29,33)(H,30,35)(H,31,37)(H,32,36);(H,6,7). The fourth-order valence-corrected chi connectivity index (χ4v) is 4.66. The molecule has 44 heavy (non-hydrogen) atoms. The lowest BCUT2D eigenvalue weighted by atomic mass is 10.0. The number of halogens is 5. The highest BCUT2D eigenvalue weighted by atomic mass is 35.5. The fourth-order valence-electron chi connectivity index (χ4n) is 4.09. The van der Waals surface area contributed by atoms with Gasteiger partial charge in [-0.1, -0.05) is 48.0 Å². The number of aliphatic carboxylic acids is 1. The van der Waals surface area contributed by atoms with Crippen molar-refractivity contribution < 1.29 is 37.5 Å². The zero-order chi connectivity index (χ0) is 32.4. The molecule has 0 radical (unpaired) electrons. The molecule has 0 atom stereocenters. The van der Waals surface area contributed by atoms with Crippen molar-refractivity contribution in [2.75, 3.05) is 23.7 Å². The molecule has 0 aliphatic carbocycles. The van der Waals surface area contributed by atoms with Gasteiger partial charge in [-0.3, -0.25) is 24.4 Å². The lowest BCUT2D eigenvalue weighted by Gasteiger charge is -2.32. The second-order valence-electron chi connectivity index (χ2n) is 9.43. The first kappa shape index (κ1) is 34.1. The van der Waals surface area contributed by atoms with Gasteiger partial charge in [-0.15, -0.1) is 0 Å². The molecule has 16 heteroatoms. The van der Waals surface area contributed by atoms with Crippen LogP contribution in [0.25, 0.3) is 0 Å². The Bertz CT molecular complexity index is 1490. The van der Waals surface area contributed by atoms with E-state index in [2.05, 4.69) is 37.6 Å². The number of carbonyl (C=O) groups is 4. The number of piperidine rings is 1. The van der Waals surface area contributed by atoms with Crippen molar-refractivity contribution in [2.24, 2.45) is 0 Å². The number of aromatic nitrogens is 2. The summed E-state index contributed by atoms with van der Waals surface area (Å²) in [7, 11) is 0. The highest BCUT2D eigenvalue weighted by molar-refractivity contribution is 6.40. The third kappa shape index (κ3) is 9.82. The molecule has 0 spiro atoms. The van der Waals surface area contributed by atoms with Crippen LogP contribution in [0.4, 0.5) is 24.5 Å². The number of carboxylic acid groups (broad SMARTS) is 1. The molecule has 2 aromatic carbocycles. The van der Waals surface area contributed by atoms with Crippen LogP contribution < -0.4 is 16.0 Å². The average molecular weight is 655 g/mol. The number of likely N-dealkylation sites (tertiary alicyclic amines) is 1. The van der Waals surface area contributed by atoms with E-state index in [0.29, 0.717) is 0 Å². The number of rotatable bonds is 8. The molecule has 11 nitrogen and oxygen atoms in total. The maximum Gasteiger partial charge on any atom is 0.490 e. The van der Waals surface area contributed by atoms with Crippen LogP contribution in [0.1, 0.15) is 39.3 Å². The predicted molar refractivity (Wildman–Crippen MR) is 158 cm³/mol. The van der Waals surface area contributed by atoms with Crippen LogP contribution in [-0.4, -0.2) is 69.2 Å². The molecule has 1 aliphatic heterocycles. The summed E-state index contributed by atoms with van der Waals surface area (Å²) in [5.74, 6) is -3.89. The lowest BCUT2D eigenvalue weighted by molar-refractivity contribution is -0.192. The SMILES string of the molecule is C=CC(=O)Nc1ccc(CN2CCC(NC(=O)c3[nH]ncc3NC(=O)c3c(Cl)cccc3Cl)CC2)cc1.O=C(O)C(F)(F)F. The van der Waals surface area contributed by atoms with Crippen LogP contribution in [0.2, 0.25) is 10.0 Å². The Kier molecular flexibility index (Phi) is 11.9. The van der Waals surface area contributed by atoms with Crippen molar-refractivity contribution in [3.05, 3.63) is 88.2 Å². The smallest absolute Gasteiger partial charge is 0.475 e. The third-order valence-corrected chi connectivity index (χ3v) is 6.91. The number of anilines is 2. The van der Waals surface area contributed by atoms with E-state index in [1.165, 1.54) is 12.3 Å². The number of carboxylic acids is 1. The number of H-pyrrole nitrogens is 1. The molecule has 1 fully saturated rings. The van der Waals surface area contributed by atoms with E-state index in [4.69, 9.17) is 33.1 Å². The molecule has 0 unspecified atom stereocenters. The third-order valence-electron chi connectivity index (χ3n) is 6.28. The average Bonchev–Trinajstić information content (AvgIpc) is 3.43. The largest absolute Gasteiger partial charge is 0.490 e. The maximum atomic E-state index is 12.9. The number of alkyl halides is 3. The molecular weight excluding hydrogens is 628 g/mol. The number of aromatic amines is 1. The molecule has 0 saturated carbocycles. The Morgan fingerprint density at radius 3 is 2.16 bits per heavy atom. The minimum absolute atomic E-state index is 0.00916. The van der Waals surface area contributed by atoms with Crippen LogP contribution in [-0.2, 0) is 16.1 Å². The van der Waals surface area contributed by atoms with Crippen LogP contribution in [0.3, 0.4) is 0 Å². The first-order valence-corrected chi connectivity index (χ1v) is 13.7. The zero-order valence-corrected chi connectivity index (χ0v) is 24.4. The first-order valence-electron chi connectivity index (χ1n) is 12.9. The van der Waals surface area contributed by atoms with Crippen molar-refractivity contribution in [3.8, 4) is 0 Å². The molecule has 234 valence electrons. The minimum atomic E-state index is -5.08. The number of nitrogens with one attached hydrogen (secondary N) is 4. The highest BCUT2D eigenvalue weighted by Gasteiger charge is 2.38. The van der Waals surface area contributed by atoms with Crippen LogP contribution in [0.15, 0.2) is 61.3 Å². The highest BCUT2D eigenvalue weighted by Crippen LogP contribution is 2.26. The Morgan fingerprint density at radius 2 is 1.61 bits per heavy atom. The molecule has 0 bridgehead atoms. The monoisotopic (exact) mass is 654 g/mol. The Morgan fingerprint density at radius 1 is 1.02 bits per heavy atom. The summed E-state index contributed by atoms with van der Waals surface area (Å²) in [5, 5.41) is 22.5. The number of hydrogen-bond acceptors (Lipinski definition) is 6. The van der Waals surface area contributed by atoms with E-state index in [1.807, 2.05) is 24.3 Å². The molecule has 1 saturated heterocycles. The molecule has 5 N–H and O–H groups in total. The molecule has 4 rings (SSSR count). The van der Waals surface area contributed by atoms with E-state index in [1.54, 1.807) is 18.2 Å². The van der Waals surface area contributed by atoms with Crippen molar-refractivity contribution in [2.45, 2.75) is 31.6 Å². The van der Waals surface area contributed by atoms with Crippen molar-refractivity contribution in [1.29, 1.82) is 0 Å². The Balaban J connectivity index is 0.000000676. The number of carbonyl (C=O) groups excluding carboxylic acids is 3. The summed E-state index contributed by atoms with van der Waals surface area (Å²) in [6, 6.07) is 12.5. The van der Waals surface area contributed by atoms with Gasteiger partial charge in [0.2, 0.25) is 5.91 Å². The molecule has 3 aromatic rings. The van der Waals surface area contributed by atoms with Crippen molar-refractivity contribution in [3.63, 3.8) is 0 Å². The molecule has 2 heterocycles. The number of benzene rings is 2. The van der Waals surface area contributed by atoms with Gasteiger partial charge in [-0.2, -0.15) is 18.3 Å². The summed E-state index contributed by atoms with van der Waals surface area (Å²) in [4.78, 5) is 48.2. The summed E-state index contributed by atoms with van der Waals surface area (Å²) in [6.45, 7) is 5.86. The molecule has 1 aliphatic rings. The molecule has 1 aromatic heterocycles. The second-order valence-corrected chi connectivity index (χ2v) is 10.2. The van der Waals surface area contributed by atoms with Crippen molar-refractivity contribution >= 4 is 58.3 Å². The summed E-state index contributed by atoms with van der Waals surface area (Å²) in [5.41, 5.74) is 2.38. The van der Waals surface area contributed by atoms with Crippen LogP contribution >= 0.6 is 23.2 Å². The Labute approximate surface area is 259 Å². The number of hydrogen-bond donors (Lipinski definition) is 5. The normalized spacial score (nSPS) is 13.7. The first-order chi connectivity index (χ1) is 20.8. The zero-order valence-electron chi connectivity index (χ0n) is 22.9. The van der Waals surface area contributed by atoms with E-state index < -0.39 is 18.1 Å². The van der Waals surface area contributed by atoms with Gasteiger partial charge in [0.05, 0.1) is 27.5 Å². The van der Waals surface area contributed by atoms with E-state index in [0.717, 1.165) is 43.7 Å². The topological polar surface area (TPSA) is 157 Å². The van der Waals surface area contributed by atoms with Crippen molar-refractivity contribution in [1.82, 2.24) is 20.4 Å². The quantitative estimate of drug-likeness (QED) is 0.211. The minimum Gasteiger partial charge on any atom is -0.475 e. The molecule has 3 amide bonds. The van der Waals surface area contributed by atoms with Gasteiger partial charge in [-0.25, -0.2) is 4.79 Å². The van der Waals surface area contributed by atoms with Gasteiger partial charge in [0.15, 0.2) is 0 Å². The number of amides is 3. The molecular formula is C28H27Cl2F3N6O5. The van der Waals surface area contributed by atoms with E-state index in [9.17, 15) is 27.6 Å². The summed E-state index contributed by atoms with van der Waals surface area (Å²) >= 11 is 12.2. The van der Waals surface area contributed by atoms with Crippen LogP contribution in [0.5, 0.6) is 0 Å². The summed E-state index contributed by atoms with van der Waals surface area (Å²) < 4.78 is 31.7. The van der Waals surface area contributed by atoms with Gasteiger partial charge in [0.25, 0.3) is 11.8 Å².